The van der Waals surface area contributed by atoms with Crippen LogP contribution < -0.4 is 15.4 Å². The maximum atomic E-state index is 10.0. The smallest absolute Gasteiger partial charge is 0.191 e. The normalized spacial score (nSPS) is 14.8. The highest BCUT2D eigenvalue weighted by Crippen LogP contribution is 2.47. The van der Waals surface area contributed by atoms with Crippen LogP contribution in [-0.2, 0) is 12.0 Å². The fraction of sp³-hybridized carbons (Fsp3) is 0.381. The third-order valence-corrected chi connectivity index (χ3v) is 4.87. The van der Waals surface area contributed by atoms with E-state index in [1.54, 1.807) is 19.2 Å². The highest BCUT2D eigenvalue weighted by molar-refractivity contribution is 14.0. The number of hydrogen-bond acceptors (Lipinski definition) is 3. The predicted molar refractivity (Wildman–Crippen MR) is 120 cm³/mol. The Morgan fingerprint density at radius 1 is 1.15 bits per heavy atom. The number of hydrogen-bond donors (Lipinski definition) is 3. The van der Waals surface area contributed by atoms with E-state index in [4.69, 9.17) is 4.74 Å². The quantitative estimate of drug-likeness (QED) is 0.320. The molecule has 0 bridgehead atoms. The van der Waals surface area contributed by atoms with Crippen LogP contribution >= 0.6 is 24.0 Å². The van der Waals surface area contributed by atoms with Gasteiger partial charge in [0.25, 0.3) is 0 Å². The summed E-state index contributed by atoms with van der Waals surface area (Å²) in [7, 11) is 1.61. The molecule has 1 aliphatic carbocycles. The zero-order valence-electron chi connectivity index (χ0n) is 15.9. The van der Waals surface area contributed by atoms with E-state index >= 15 is 0 Å². The van der Waals surface area contributed by atoms with Crippen molar-refractivity contribution in [3.63, 3.8) is 0 Å². The molecule has 0 aliphatic heterocycles. The Kier molecular flexibility index (Phi) is 7.77. The molecule has 0 unspecified atom stereocenters. The first kappa shape index (κ1) is 21.3. The first-order valence-electron chi connectivity index (χ1n) is 9.10. The lowest BCUT2D eigenvalue weighted by Gasteiger charge is -2.19. The lowest BCUT2D eigenvalue weighted by atomic mass is 9.96. The minimum Gasteiger partial charge on any atom is -0.508 e. The number of nitrogens with zero attached hydrogens (tertiary/aromatic N) is 1. The zero-order valence-corrected chi connectivity index (χ0v) is 18.2. The highest BCUT2D eigenvalue weighted by atomic mass is 127. The summed E-state index contributed by atoms with van der Waals surface area (Å²) in [6.45, 7) is 4.07. The maximum Gasteiger partial charge on any atom is 0.191 e. The van der Waals surface area contributed by atoms with E-state index in [2.05, 4.69) is 46.0 Å². The molecular weight excluding hydrogens is 453 g/mol. The summed E-state index contributed by atoms with van der Waals surface area (Å²) in [5.74, 6) is 1.71. The van der Waals surface area contributed by atoms with E-state index in [0.717, 1.165) is 24.6 Å². The molecule has 0 amide bonds. The Hall–Kier alpha value is -1.96. The molecule has 5 nitrogen and oxygen atoms in total. The van der Waals surface area contributed by atoms with Gasteiger partial charge in [-0.2, -0.15) is 0 Å². The van der Waals surface area contributed by atoms with Crippen molar-refractivity contribution in [2.75, 3.05) is 20.2 Å². The van der Waals surface area contributed by atoms with Gasteiger partial charge in [-0.1, -0.05) is 30.3 Å². The Morgan fingerprint density at radius 3 is 2.52 bits per heavy atom. The Morgan fingerprint density at radius 2 is 1.89 bits per heavy atom. The van der Waals surface area contributed by atoms with Gasteiger partial charge in [-0.25, -0.2) is 4.99 Å². The molecule has 0 heterocycles. The van der Waals surface area contributed by atoms with Gasteiger partial charge in [0.15, 0.2) is 5.96 Å². The molecule has 0 spiro atoms. The number of aromatic hydroxyl groups is 1. The number of halogens is 1. The van der Waals surface area contributed by atoms with E-state index in [9.17, 15) is 5.11 Å². The molecular formula is C21H28IN3O2. The summed E-state index contributed by atoms with van der Waals surface area (Å²) < 4.78 is 5.22. The van der Waals surface area contributed by atoms with E-state index in [-0.39, 0.29) is 35.1 Å². The number of guanidine groups is 1. The number of ether oxygens (including phenoxy) is 1. The van der Waals surface area contributed by atoms with E-state index in [1.165, 1.54) is 18.4 Å². The summed E-state index contributed by atoms with van der Waals surface area (Å²) in [6.07, 6.45) is 2.39. The minimum absolute atomic E-state index is 0. The molecule has 3 rings (SSSR count). The minimum atomic E-state index is 0. The van der Waals surface area contributed by atoms with Gasteiger partial charge in [0.05, 0.1) is 13.7 Å². The molecule has 0 radical (unpaired) electrons. The topological polar surface area (TPSA) is 65.9 Å². The Balaban J connectivity index is 0.00000261. The lowest BCUT2D eigenvalue weighted by Crippen LogP contribution is -2.41. The fourth-order valence-electron chi connectivity index (χ4n) is 3.08. The monoisotopic (exact) mass is 481 g/mol. The van der Waals surface area contributed by atoms with Crippen LogP contribution in [0.2, 0.25) is 0 Å². The average molecular weight is 481 g/mol. The standard InChI is InChI=1S/C21H27N3O2.HI/c1-3-22-20(23-14-16-13-18(26-2)9-10-19(16)25)24-15-21(11-12-21)17-7-5-4-6-8-17;/h4-10,13,25H,3,11-12,14-15H2,1-2H3,(H2,22,23,24);1H. The molecule has 0 atom stereocenters. The third kappa shape index (κ3) is 5.51. The molecule has 0 saturated heterocycles. The average Bonchev–Trinajstić information content (AvgIpc) is 3.47. The van der Waals surface area contributed by atoms with E-state index < -0.39 is 0 Å². The van der Waals surface area contributed by atoms with Gasteiger partial charge in [-0.3, -0.25) is 0 Å². The Labute approximate surface area is 178 Å². The number of methoxy groups -OCH3 is 1. The van der Waals surface area contributed by atoms with E-state index in [1.807, 2.05) is 13.0 Å². The summed E-state index contributed by atoms with van der Waals surface area (Å²) in [6, 6.07) is 15.8. The second-order valence-corrected chi connectivity index (χ2v) is 6.69. The number of phenols is 1. The van der Waals surface area contributed by atoms with E-state index in [0.29, 0.717) is 12.3 Å². The van der Waals surface area contributed by atoms with Crippen molar-refractivity contribution in [2.45, 2.75) is 31.7 Å². The molecule has 27 heavy (non-hydrogen) atoms. The molecule has 1 saturated carbocycles. The van der Waals surface area contributed by atoms with Gasteiger partial charge in [-0.15, -0.1) is 24.0 Å². The highest BCUT2D eigenvalue weighted by Gasteiger charge is 2.43. The molecule has 2 aromatic carbocycles. The van der Waals surface area contributed by atoms with Crippen LogP contribution in [-0.4, -0.2) is 31.3 Å². The largest absolute Gasteiger partial charge is 0.508 e. The second-order valence-electron chi connectivity index (χ2n) is 6.69. The first-order valence-corrected chi connectivity index (χ1v) is 9.10. The van der Waals surface area contributed by atoms with Gasteiger partial charge < -0.3 is 20.5 Å². The van der Waals surface area contributed by atoms with Crippen LogP contribution in [0.1, 0.15) is 30.9 Å². The van der Waals surface area contributed by atoms with Crippen LogP contribution in [0, 0.1) is 0 Å². The fourth-order valence-corrected chi connectivity index (χ4v) is 3.08. The van der Waals surface area contributed by atoms with Gasteiger partial charge in [0.2, 0.25) is 0 Å². The van der Waals surface area contributed by atoms with Crippen LogP contribution in [0.4, 0.5) is 0 Å². The molecule has 6 heteroatoms. The number of nitrogens with one attached hydrogen (secondary N) is 2. The summed E-state index contributed by atoms with van der Waals surface area (Å²) in [5.41, 5.74) is 2.34. The van der Waals surface area contributed by atoms with Gasteiger partial charge in [0, 0.05) is 24.1 Å². The van der Waals surface area contributed by atoms with Crippen LogP contribution in [0.25, 0.3) is 0 Å². The van der Waals surface area contributed by atoms with Crippen molar-refractivity contribution in [3.8, 4) is 11.5 Å². The van der Waals surface area contributed by atoms with Crippen molar-refractivity contribution < 1.29 is 9.84 Å². The molecule has 146 valence electrons. The van der Waals surface area contributed by atoms with Crippen molar-refractivity contribution in [2.24, 2.45) is 4.99 Å². The van der Waals surface area contributed by atoms with Crippen molar-refractivity contribution in [3.05, 3.63) is 59.7 Å². The predicted octanol–water partition coefficient (Wildman–Crippen LogP) is 3.81. The van der Waals surface area contributed by atoms with Crippen LogP contribution in [0.3, 0.4) is 0 Å². The summed E-state index contributed by atoms with van der Waals surface area (Å²) in [5, 5.41) is 16.8. The molecule has 1 aliphatic rings. The van der Waals surface area contributed by atoms with Crippen LogP contribution in [0.5, 0.6) is 11.5 Å². The zero-order chi connectivity index (χ0) is 18.4. The van der Waals surface area contributed by atoms with Gasteiger partial charge in [-0.05, 0) is 43.5 Å². The summed E-state index contributed by atoms with van der Waals surface area (Å²) in [4.78, 5) is 4.62. The van der Waals surface area contributed by atoms with Crippen molar-refractivity contribution in [1.29, 1.82) is 0 Å². The van der Waals surface area contributed by atoms with Crippen LogP contribution in [0.15, 0.2) is 53.5 Å². The summed E-state index contributed by atoms with van der Waals surface area (Å²) >= 11 is 0. The molecule has 3 N–H and O–H groups in total. The van der Waals surface area contributed by atoms with Crippen molar-refractivity contribution >= 4 is 29.9 Å². The molecule has 0 aromatic heterocycles. The SMILES string of the molecule is CCNC(=NCc1cc(OC)ccc1O)NCC1(c2ccccc2)CC1.I. The number of aliphatic imine (C=N–C) groups is 1. The first-order chi connectivity index (χ1) is 12.7. The number of phenolic OH excluding ortho intramolecular Hbond substituents is 1. The molecule has 1 fully saturated rings. The number of benzene rings is 2. The maximum absolute atomic E-state index is 10.0. The number of rotatable bonds is 7. The molecule has 2 aromatic rings. The van der Waals surface area contributed by atoms with Gasteiger partial charge in [0.1, 0.15) is 11.5 Å². The third-order valence-electron chi connectivity index (χ3n) is 4.87. The van der Waals surface area contributed by atoms with Gasteiger partial charge >= 0.3 is 0 Å². The van der Waals surface area contributed by atoms with Crippen molar-refractivity contribution in [1.82, 2.24) is 10.6 Å². The second kappa shape index (κ2) is 9.82. The Bertz CT molecular complexity index is 761. The lowest BCUT2D eigenvalue weighted by molar-refractivity contribution is 0.411.